The molecule has 1 N–H and O–H groups in total. The van der Waals surface area contributed by atoms with Gasteiger partial charge in [-0.25, -0.2) is 26.7 Å². The first-order valence-electron chi connectivity index (χ1n) is 10.4. The molecule has 0 aromatic heterocycles. The number of nitrogens with zero attached hydrogens (tertiary/aromatic N) is 2. The van der Waals surface area contributed by atoms with E-state index < -0.39 is 59.0 Å². The Balaban J connectivity index is 1.66. The van der Waals surface area contributed by atoms with Crippen LogP contribution in [0.2, 0.25) is 0 Å². The SMILES string of the molecule is CCOC(=O)N1CCC(N2C(=O)c3ccccc3C2Nc2c(F)c(F)c(F)c(F)c2F)CC1. The second-order valence-corrected chi connectivity index (χ2v) is 7.71. The highest BCUT2D eigenvalue weighted by molar-refractivity contribution is 5.99. The number of fused-ring (bicyclic) bond motifs is 1. The number of carbonyl (C=O) groups excluding carboxylic acids is 2. The molecule has 1 saturated heterocycles. The van der Waals surface area contributed by atoms with Crippen LogP contribution in [-0.2, 0) is 4.74 Å². The smallest absolute Gasteiger partial charge is 0.409 e. The molecule has 2 aromatic rings. The van der Waals surface area contributed by atoms with E-state index in [1.165, 1.54) is 15.9 Å². The van der Waals surface area contributed by atoms with Gasteiger partial charge in [-0.1, -0.05) is 18.2 Å². The van der Waals surface area contributed by atoms with E-state index in [0.29, 0.717) is 18.4 Å². The monoisotopic (exact) mass is 469 g/mol. The largest absolute Gasteiger partial charge is 0.450 e. The fraction of sp³-hybridized carbons (Fsp3) is 0.364. The lowest BCUT2D eigenvalue weighted by Crippen LogP contribution is -2.49. The first-order valence-corrected chi connectivity index (χ1v) is 10.4. The molecule has 1 fully saturated rings. The van der Waals surface area contributed by atoms with Gasteiger partial charge in [0.2, 0.25) is 5.82 Å². The molecule has 2 aliphatic rings. The molecule has 1 unspecified atom stereocenters. The summed E-state index contributed by atoms with van der Waals surface area (Å²) >= 11 is 0. The predicted molar refractivity (Wildman–Crippen MR) is 107 cm³/mol. The van der Waals surface area contributed by atoms with Gasteiger partial charge in [-0.3, -0.25) is 4.79 Å². The summed E-state index contributed by atoms with van der Waals surface area (Å²) in [7, 11) is 0. The molecule has 33 heavy (non-hydrogen) atoms. The van der Waals surface area contributed by atoms with Gasteiger partial charge in [-0.2, -0.15) is 0 Å². The summed E-state index contributed by atoms with van der Waals surface area (Å²) in [5.74, 6) is -10.9. The van der Waals surface area contributed by atoms with Gasteiger partial charge < -0.3 is 19.9 Å². The van der Waals surface area contributed by atoms with E-state index in [2.05, 4.69) is 5.32 Å². The molecule has 2 aliphatic heterocycles. The molecular formula is C22H20F5N3O3. The van der Waals surface area contributed by atoms with Crippen molar-refractivity contribution in [3.8, 4) is 0 Å². The first kappa shape index (κ1) is 22.8. The highest BCUT2D eigenvalue weighted by Crippen LogP contribution is 2.40. The first-order chi connectivity index (χ1) is 15.8. The van der Waals surface area contributed by atoms with Crippen molar-refractivity contribution in [2.24, 2.45) is 0 Å². The topological polar surface area (TPSA) is 61.9 Å². The molecule has 6 nitrogen and oxygen atoms in total. The van der Waals surface area contributed by atoms with Crippen LogP contribution in [0.1, 0.15) is 41.9 Å². The second kappa shape index (κ2) is 8.87. The van der Waals surface area contributed by atoms with Gasteiger partial charge in [-0.05, 0) is 25.8 Å². The van der Waals surface area contributed by atoms with Crippen LogP contribution in [-0.4, -0.2) is 47.5 Å². The Bertz CT molecular complexity index is 1080. The number of nitrogens with one attached hydrogen (secondary N) is 1. The van der Waals surface area contributed by atoms with E-state index >= 15 is 0 Å². The van der Waals surface area contributed by atoms with Crippen molar-refractivity contribution in [1.82, 2.24) is 9.80 Å². The van der Waals surface area contributed by atoms with Crippen molar-refractivity contribution in [2.45, 2.75) is 32.0 Å². The Kier molecular flexibility index (Phi) is 6.13. The van der Waals surface area contributed by atoms with Crippen LogP contribution in [0.3, 0.4) is 0 Å². The van der Waals surface area contributed by atoms with Crippen LogP contribution in [0, 0.1) is 29.1 Å². The van der Waals surface area contributed by atoms with Crippen LogP contribution in [0.5, 0.6) is 0 Å². The van der Waals surface area contributed by atoms with Gasteiger partial charge in [0.1, 0.15) is 11.9 Å². The van der Waals surface area contributed by atoms with Crippen molar-refractivity contribution >= 4 is 17.7 Å². The second-order valence-electron chi connectivity index (χ2n) is 7.71. The summed E-state index contributed by atoms with van der Waals surface area (Å²) in [4.78, 5) is 27.9. The van der Waals surface area contributed by atoms with Crippen molar-refractivity contribution in [1.29, 1.82) is 0 Å². The number of halogens is 5. The van der Waals surface area contributed by atoms with E-state index in [4.69, 9.17) is 4.74 Å². The van der Waals surface area contributed by atoms with Gasteiger partial charge in [0.05, 0.1) is 6.61 Å². The van der Waals surface area contributed by atoms with E-state index in [-0.39, 0.29) is 25.3 Å². The van der Waals surface area contributed by atoms with Gasteiger partial charge in [0, 0.05) is 30.3 Å². The number of hydrogen-bond acceptors (Lipinski definition) is 4. The third-order valence-corrected chi connectivity index (χ3v) is 5.87. The Morgan fingerprint density at radius 1 is 1.00 bits per heavy atom. The van der Waals surface area contributed by atoms with Gasteiger partial charge in [0.25, 0.3) is 5.91 Å². The number of carbonyl (C=O) groups is 2. The zero-order valence-corrected chi connectivity index (χ0v) is 17.5. The fourth-order valence-corrected chi connectivity index (χ4v) is 4.27. The van der Waals surface area contributed by atoms with Crippen molar-refractivity contribution in [3.63, 3.8) is 0 Å². The molecule has 0 bridgehead atoms. The number of amides is 2. The molecule has 2 amide bonds. The molecule has 2 aromatic carbocycles. The molecule has 0 saturated carbocycles. The van der Waals surface area contributed by atoms with Crippen LogP contribution in [0.15, 0.2) is 24.3 Å². The van der Waals surface area contributed by atoms with Gasteiger partial charge in [-0.15, -0.1) is 0 Å². The summed E-state index contributed by atoms with van der Waals surface area (Å²) in [5.41, 5.74) is -0.610. The Labute approximate surface area is 185 Å². The number of anilines is 1. The normalized spacial score (nSPS) is 18.5. The summed E-state index contributed by atoms with van der Waals surface area (Å²) in [6.07, 6.45) is -0.967. The average Bonchev–Trinajstić information content (AvgIpc) is 3.11. The molecular weight excluding hydrogens is 449 g/mol. The minimum absolute atomic E-state index is 0.215. The highest BCUT2D eigenvalue weighted by atomic mass is 19.2. The average molecular weight is 469 g/mol. The highest BCUT2D eigenvalue weighted by Gasteiger charge is 2.43. The maximum atomic E-state index is 14.4. The molecule has 11 heteroatoms. The van der Waals surface area contributed by atoms with E-state index in [1.807, 2.05) is 0 Å². The van der Waals surface area contributed by atoms with Crippen LogP contribution in [0.4, 0.5) is 32.4 Å². The van der Waals surface area contributed by atoms with Gasteiger partial charge >= 0.3 is 6.09 Å². The minimum Gasteiger partial charge on any atom is -0.450 e. The van der Waals surface area contributed by atoms with Crippen molar-refractivity contribution in [3.05, 3.63) is 64.5 Å². The third kappa shape index (κ3) is 3.85. The van der Waals surface area contributed by atoms with Crippen LogP contribution in [0.25, 0.3) is 0 Å². The molecule has 2 heterocycles. The molecule has 0 radical (unpaired) electrons. The van der Waals surface area contributed by atoms with E-state index in [9.17, 15) is 31.5 Å². The van der Waals surface area contributed by atoms with E-state index in [0.717, 1.165) is 0 Å². The summed E-state index contributed by atoms with van der Waals surface area (Å²) in [6, 6.07) is 5.84. The molecule has 0 aliphatic carbocycles. The minimum atomic E-state index is -2.26. The number of rotatable bonds is 4. The van der Waals surface area contributed by atoms with Crippen molar-refractivity contribution in [2.75, 3.05) is 25.0 Å². The lowest BCUT2D eigenvalue weighted by atomic mass is 10.0. The molecule has 4 rings (SSSR count). The fourth-order valence-electron chi connectivity index (χ4n) is 4.27. The van der Waals surface area contributed by atoms with Crippen molar-refractivity contribution < 1.29 is 36.3 Å². The Hall–Kier alpha value is -3.37. The van der Waals surface area contributed by atoms with Crippen LogP contribution < -0.4 is 5.32 Å². The number of ether oxygens (including phenoxy) is 1. The number of piperidine rings is 1. The van der Waals surface area contributed by atoms with E-state index in [1.54, 1.807) is 25.1 Å². The molecule has 176 valence electrons. The zero-order chi connectivity index (χ0) is 23.9. The lowest BCUT2D eigenvalue weighted by Gasteiger charge is -2.39. The summed E-state index contributed by atoms with van der Waals surface area (Å²) in [6.45, 7) is 2.45. The Morgan fingerprint density at radius 2 is 1.58 bits per heavy atom. The maximum absolute atomic E-state index is 14.4. The standard InChI is InChI=1S/C22H20F5N3O3/c1-2-33-22(32)29-9-7-11(8-10-29)30-20(12-5-3-4-6-13(12)21(30)31)28-19-17(26)15(24)14(23)16(25)18(19)27/h3-6,11,20,28H,2,7-10H2,1H3. The summed E-state index contributed by atoms with van der Waals surface area (Å²) < 4.78 is 74.7. The third-order valence-electron chi connectivity index (χ3n) is 5.87. The number of likely N-dealkylation sites (tertiary alicyclic amines) is 1. The number of hydrogen-bond donors (Lipinski definition) is 1. The van der Waals surface area contributed by atoms with Gasteiger partial charge in [0.15, 0.2) is 23.3 Å². The lowest BCUT2D eigenvalue weighted by molar-refractivity contribution is 0.0495. The quantitative estimate of drug-likeness (QED) is 0.405. The molecule has 1 atom stereocenters. The zero-order valence-electron chi connectivity index (χ0n) is 17.5. The Morgan fingerprint density at radius 3 is 2.18 bits per heavy atom. The maximum Gasteiger partial charge on any atom is 0.409 e. The summed E-state index contributed by atoms with van der Waals surface area (Å²) in [5, 5.41) is 2.38. The van der Waals surface area contributed by atoms with Crippen LogP contribution >= 0.6 is 0 Å². The molecule has 0 spiro atoms. The predicted octanol–water partition coefficient (Wildman–Crippen LogP) is 4.57. The number of benzene rings is 2.